The van der Waals surface area contributed by atoms with Crippen LogP contribution in [0.4, 0.5) is 8.78 Å². The van der Waals surface area contributed by atoms with Crippen molar-refractivity contribution >= 4 is 5.96 Å². The molecule has 0 amide bonds. The second kappa shape index (κ2) is 10.5. The number of benzene rings is 2. The van der Waals surface area contributed by atoms with Crippen LogP contribution in [0.2, 0.25) is 0 Å². The van der Waals surface area contributed by atoms with Gasteiger partial charge in [-0.25, -0.2) is 8.78 Å². The van der Waals surface area contributed by atoms with Crippen LogP contribution in [0.3, 0.4) is 0 Å². The summed E-state index contributed by atoms with van der Waals surface area (Å²) in [6.45, 7) is 1.18. The Morgan fingerprint density at radius 1 is 1.07 bits per heavy atom. The zero-order chi connectivity index (χ0) is 20.5. The monoisotopic (exact) mass is 391 g/mol. The molecule has 0 radical (unpaired) electrons. The highest BCUT2D eigenvalue weighted by Crippen LogP contribution is 2.27. The third kappa shape index (κ3) is 5.58. The Kier molecular flexibility index (Phi) is 8.04. The molecule has 0 spiro atoms. The molecule has 0 heterocycles. The van der Waals surface area contributed by atoms with E-state index in [1.807, 2.05) is 30.1 Å². The van der Waals surface area contributed by atoms with Crippen LogP contribution in [-0.2, 0) is 12.8 Å². The Bertz CT molecular complexity index is 812. The lowest BCUT2D eigenvalue weighted by molar-refractivity contribution is 0.354. The van der Waals surface area contributed by atoms with Crippen LogP contribution in [0.1, 0.15) is 11.1 Å². The van der Waals surface area contributed by atoms with Crippen LogP contribution >= 0.6 is 0 Å². The van der Waals surface area contributed by atoms with Crippen LogP contribution in [0.25, 0.3) is 0 Å². The van der Waals surface area contributed by atoms with Gasteiger partial charge in [0.1, 0.15) is 0 Å². The highest BCUT2D eigenvalue weighted by Gasteiger charge is 2.10. The lowest BCUT2D eigenvalue weighted by atomic mass is 10.1. The molecule has 0 saturated carbocycles. The summed E-state index contributed by atoms with van der Waals surface area (Å²) in [5.74, 6) is 0.469. The standard InChI is InChI=1S/C21H27F2N3O2/c1-24-21(25-12-10-16-6-5-7-17(22)20(16)23)26(2)13-11-15-8-9-18(27-3)19(14-15)28-4/h5-9,14H,10-13H2,1-4H3,(H,24,25). The van der Waals surface area contributed by atoms with Gasteiger partial charge in [0.2, 0.25) is 0 Å². The summed E-state index contributed by atoms with van der Waals surface area (Å²) in [6.07, 6.45) is 1.15. The number of hydrogen-bond acceptors (Lipinski definition) is 3. The molecule has 2 aromatic rings. The van der Waals surface area contributed by atoms with Crippen molar-refractivity contribution in [2.24, 2.45) is 4.99 Å². The molecule has 7 heteroatoms. The first kappa shape index (κ1) is 21.5. The third-order valence-electron chi connectivity index (χ3n) is 4.47. The van der Waals surface area contributed by atoms with E-state index in [4.69, 9.17) is 9.47 Å². The van der Waals surface area contributed by atoms with Gasteiger partial charge in [-0.15, -0.1) is 0 Å². The van der Waals surface area contributed by atoms with Crippen LogP contribution in [0, 0.1) is 11.6 Å². The fraction of sp³-hybridized carbons (Fsp3) is 0.381. The van der Waals surface area contributed by atoms with Gasteiger partial charge in [0.15, 0.2) is 29.1 Å². The van der Waals surface area contributed by atoms with Crippen molar-refractivity contribution in [3.8, 4) is 11.5 Å². The number of rotatable bonds is 8. The van der Waals surface area contributed by atoms with Crippen molar-refractivity contribution in [1.82, 2.24) is 10.2 Å². The van der Waals surface area contributed by atoms with Crippen LogP contribution < -0.4 is 14.8 Å². The molecular formula is C21H27F2N3O2. The van der Waals surface area contributed by atoms with Gasteiger partial charge in [-0.05, 0) is 42.2 Å². The minimum absolute atomic E-state index is 0.343. The second-order valence-corrected chi connectivity index (χ2v) is 6.30. The number of nitrogens with zero attached hydrogens (tertiary/aromatic N) is 2. The third-order valence-corrected chi connectivity index (χ3v) is 4.47. The van der Waals surface area contributed by atoms with Crippen molar-refractivity contribution in [3.63, 3.8) is 0 Å². The van der Waals surface area contributed by atoms with Crippen LogP contribution in [0.5, 0.6) is 11.5 Å². The molecule has 1 N–H and O–H groups in total. The van der Waals surface area contributed by atoms with Gasteiger partial charge in [-0.3, -0.25) is 4.99 Å². The topological polar surface area (TPSA) is 46.1 Å². The molecule has 0 bridgehead atoms. The second-order valence-electron chi connectivity index (χ2n) is 6.30. The maximum atomic E-state index is 13.7. The summed E-state index contributed by atoms with van der Waals surface area (Å²) < 4.78 is 37.6. The Balaban J connectivity index is 1.88. The molecular weight excluding hydrogens is 364 g/mol. The van der Waals surface area contributed by atoms with Crippen molar-refractivity contribution in [3.05, 3.63) is 59.2 Å². The molecule has 28 heavy (non-hydrogen) atoms. The smallest absolute Gasteiger partial charge is 0.193 e. The molecule has 5 nitrogen and oxygen atoms in total. The van der Waals surface area contributed by atoms with Gasteiger partial charge in [-0.1, -0.05) is 18.2 Å². The number of ether oxygens (including phenoxy) is 2. The van der Waals surface area contributed by atoms with Crippen molar-refractivity contribution in [2.75, 3.05) is 41.4 Å². The average molecular weight is 391 g/mol. The van der Waals surface area contributed by atoms with Gasteiger partial charge >= 0.3 is 0 Å². The predicted molar refractivity (Wildman–Crippen MR) is 107 cm³/mol. The van der Waals surface area contributed by atoms with E-state index in [1.54, 1.807) is 27.3 Å². The predicted octanol–water partition coefficient (Wildman–Crippen LogP) is 3.27. The fourth-order valence-corrected chi connectivity index (χ4v) is 2.87. The van der Waals surface area contributed by atoms with Crippen LogP contribution in [0.15, 0.2) is 41.4 Å². The van der Waals surface area contributed by atoms with Gasteiger partial charge in [0.05, 0.1) is 14.2 Å². The average Bonchev–Trinajstić information content (AvgIpc) is 2.72. The fourth-order valence-electron chi connectivity index (χ4n) is 2.87. The van der Waals surface area contributed by atoms with E-state index < -0.39 is 11.6 Å². The van der Waals surface area contributed by atoms with E-state index in [1.165, 1.54) is 6.07 Å². The van der Waals surface area contributed by atoms with Gasteiger partial charge in [0.25, 0.3) is 0 Å². The Morgan fingerprint density at radius 2 is 1.82 bits per heavy atom. The first-order valence-corrected chi connectivity index (χ1v) is 9.05. The summed E-state index contributed by atoms with van der Waals surface area (Å²) in [5.41, 5.74) is 1.46. The summed E-state index contributed by atoms with van der Waals surface area (Å²) in [5, 5.41) is 3.18. The Morgan fingerprint density at radius 3 is 2.50 bits per heavy atom. The van der Waals surface area contributed by atoms with E-state index in [-0.39, 0.29) is 0 Å². The van der Waals surface area contributed by atoms with E-state index in [0.717, 1.165) is 24.6 Å². The minimum Gasteiger partial charge on any atom is -0.493 e. The van der Waals surface area contributed by atoms with Crippen LogP contribution in [-0.4, -0.2) is 52.3 Å². The first-order valence-electron chi connectivity index (χ1n) is 9.05. The molecule has 0 aliphatic heterocycles. The SMILES string of the molecule is CN=C(NCCc1cccc(F)c1F)N(C)CCc1ccc(OC)c(OC)c1. The summed E-state index contributed by atoms with van der Waals surface area (Å²) >= 11 is 0. The van der Waals surface area contributed by atoms with E-state index in [2.05, 4.69) is 10.3 Å². The molecule has 0 saturated heterocycles. The number of aliphatic imine (C=N–C) groups is 1. The summed E-state index contributed by atoms with van der Waals surface area (Å²) in [7, 11) is 6.84. The van der Waals surface area contributed by atoms with Gasteiger partial charge in [-0.2, -0.15) is 0 Å². The van der Waals surface area contributed by atoms with Gasteiger partial charge < -0.3 is 19.7 Å². The lowest BCUT2D eigenvalue weighted by Crippen LogP contribution is -2.40. The van der Waals surface area contributed by atoms with E-state index >= 15 is 0 Å². The number of nitrogens with one attached hydrogen (secondary N) is 1. The molecule has 0 aliphatic carbocycles. The number of hydrogen-bond donors (Lipinski definition) is 1. The van der Waals surface area contributed by atoms with Gasteiger partial charge in [0, 0.05) is 27.2 Å². The molecule has 152 valence electrons. The normalized spacial score (nSPS) is 11.3. The maximum absolute atomic E-state index is 13.7. The molecule has 0 atom stereocenters. The minimum atomic E-state index is -0.825. The summed E-state index contributed by atoms with van der Waals surface area (Å²) in [6, 6.07) is 10.1. The number of guanidine groups is 1. The van der Waals surface area contributed by atoms with Crippen molar-refractivity contribution in [2.45, 2.75) is 12.8 Å². The summed E-state index contributed by atoms with van der Waals surface area (Å²) in [4.78, 5) is 6.24. The molecule has 0 aliphatic rings. The first-order chi connectivity index (χ1) is 13.5. The Labute approximate surface area is 165 Å². The molecule has 0 aromatic heterocycles. The maximum Gasteiger partial charge on any atom is 0.193 e. The zero-order valence-corrected chi connectivity index (χ0v) is 16.8. The number of likely N-dealkylation sites (N-methyl/N-ethyl adjacent to an activating group) is 1. The highest BCUT2D eigenvalue weighted by molar-refractivity contribution is 5.79. The van der Waals surface area contributed by atoms with E-state index in [0.29, 0.717) is 36.0 Å². The number of methoxy groups -OCH3 is 2. The Hall–Kier alpha value is -2.83. The molecule has 2 rings (SSSR count). The quantitative estimate of drug-likeness (QED) is 0.554. The molecule has 0 fully saturated rings. The van der Waals surface area contributed by atoms with E-state index in [9.17, 15) is 8.78 Å². The number of halogens is 2. The molecule has 0 unspecified atom stereocenters. The molecule has 2 aromatic carbocycles. The van der Waals surface area contributed by atoms with Crippen molar-refractivity contribution < 1.29 is 18.3 Å². The van der Waals surface area contributed by atoms with Crippen molar-refractivity contribution in [1.29, 1.82) is 0 Å². The lowest BCUT2D eigenvalue weighted by Gasteiger charge is -2.22. The highest BCUT2D eigenvalue weighted by atomic mass is 19.2. The largest absolute Gasteiger partial charge is 0.493 e. The zero-order valence-electron chi connectivity index (χ0n) is 16.8.